The minimum atomic E-state index is -0.497. The summed E-state index contributed by atoms with van der Waals surface area (Å²) < 4.78 is 29.2. The number of carbonyl (C=O) groups excluding carboxylic acids is 1. The van der Waals surface area contributed by atoms with Crippen molar-refractivity contribution < 1.29 is 23.1 Å². The Labute approximate surface area is 179 Å². The van der Waals surface area contributed by atoms with E-state index in [2.05, 4.69) is 5.32 Å². The molecule has 0 aliphatic carbocycles. The molecule has 31 heavy (non-hydrogen) atoms. The van der Waals surface area contributed by atoms with Gasteiger partial charge in [0, 0.05) is 18.2 Å². The highest BCUT2D eigenvalue weighted by atomic mass is 19.1. The number of nitrogens with one attached hydrogen (secondary N) is 1. The van der Waals surface area contributed by atoms with E-state index in [0.29, 0.717) is 41.5 Å². The molecule has 0 aliphatic heterocycles. The summed E-state index contributed by atoms with van der Waals surface area (Å²) >= 11 is 0. The number of benzene rings is 2. The molecule has 0 aliphatic rings. The molecule has 0 radical (unpaired) electrons. The van der Waals surface area contributed by atoms with E-state index in [1.807, 2.05) is 18.2 Å². The first kappa shape index (κ1) is 21.7. The molecule has 1 aromatic heterocycles. The van der Waals surface area contributed by atoms with Gasteiger partial charge >= 0.3 is 0 Å². The SMILES string of the molecule is COc1ccc(CCNC(=O)/C(C#N)=C/c2ccc(-c3ccc(F)cc3)o2)cc1OC. The molecule has 0 saturated carbocycles. The summed E-state index contributed by atoms with van der Waals surface area (Å²) in [7, 11) is 3.12. The number of nitrogens with zero attached hydrogens (tertiary/aromatic N) is 1. The Morgan fingerprint density at radius 3 is 2.52 bits per heavy atom. The average molecular weight is 420 g/mol. The Kier molecular flexibility index (Phi) is 7.07. The van der Waals surface area contributed by atoms with Gasteiger partial charge in [-0.15, -0.1) is 0 Å². The van der Waals surface area contributed by atoms with Crippen molar-refractivity contribution in [1.82, 2.24) is 5.32 Å². The van der Waals surface area contributed by atoms with E-state index >= 15 is 0 Å². The number of methoxy groups -OCH3 is 2. The van der Waals surface area contributed by atoms with Crippen molar-refractivity contribution in [3.8, 4) is 28.9 Å². The van der Waals surface area contributed by atoms with Crippen molar-refractivity contribution in [3.63, 3.8) is 0 Å². The van der Waals surface area contributed by atoms with Gasteiger partial charge in [-0.2, -0.15) is 5.26 Å². The third-order valence-electron chi connectivity index (χ3n) is 4.55. The van der Waals surface area contributed by atoms with Crippen LogP contribution in [0.2, 0.25) is 0 Å². The Hall–Kier alpha value is -4.05. The van der Waals surface area contributed by atoms with Gasteiger partial charge in [-0.25, -0.2) is 4.39 Å². The van der Waals surface area contributed by atoms with Gasteiger partial charge in [0.2, 0.25) is 0 Å². The largest absolute Gasteiger partial charge is 0.493 e. The lowest BCUT2D eigenvalue weighted by Crippen LogP contribution is -2.26. The van der Waals surface area contributed by atoms with E-state index in [1.54, 1.807) is 44.6 Å². The van der Waals surface area contributed by atoms with Crippen molar-refractivity contribution in [2.45, 2.75) is 6.42 Å². The predicted octanol–water partition coefficient (Wildman–Crippen LogP) is 4.37. The lowest BCUT2D eigenvalue weighted by Gasteiger charge is -2.10. The Morgan fingerprint density at radius 1 is 1.10 bits per heavy atom. The molecule has 158 valence electrons. The number of hydrogen-bond donors (Lipinski definition) is 1. The summed E-state index contributed by atoms with van der Waals surface area (Å²) in [5, 5.41) is 12.1. The first-order valence-electron chi connectivity index (χ1n) is 9.50. The number of ether oxygens (including phenoxy) is 2. The van der Waals surface area contributed by atoms with Crippen molar-refractivity contribution >= 4 is 12.0 Å². The van der Waals surface area contributed by atoms with Crippen LogP contribution < -0.4 is 14.8 Å². The summed E-state index contributed by atoms with van der Waals surface area (Å²) in [6.45, 7) is 0.340. The highest BCUT2D eigenvalue weighted by Gasteiger charge is 2.11. The smallest absolute Gasteiger partial charge is 0.262 e. The van der Waals surface area contributed by atoms with Crippen LogP contribution in [0.5, 0.6) is 11.5 Å². The van der Waals surface area contributed by atoms with Crippen LogP contribution in [-0.4, -0.2) is 26.7 Å². The summed E-state index contributed by atoms with van der Waals surface area (Å²) in [6.07, 6.45) is 1.93. The topological polar surface area (TPSA) is 84.5 Å². The van der Waals surface area contributed by atoms with E-state index in [0.717, 1.165) is 5.56 Å². The first-order chi connectivity index (χ1) is 15.0. The molecule has 0 bridgehead atoms. The van der Waals surface area contributed by atoms with Crippen molar-refractivity contribution in [2.75, 3.05) is 20.8 Å². The van der Waals surface area contributed by atoms with Gasteiger partial charge in [0.25, 0.3) is 5.91 Å². The number of furan rings is 1. The number of carbonyl (C=O) groups is 1. The molecule has 7 heteroatoms. The fraction of sp³-hybridized carbons (Fsp3) is 0.167. The highest BCUT2D eigenvalue weighted by Crippen LogP contribution is 2.27. The number of hydrogen-bond acceptors (Lipinski definition) is 5. The molecule has 1 N–H and O–H groups in total. The van der Waals surface area contributed by atoms with Crippen LogP contribution in [-0.2, 0) is 11.2 Å². The second-order valence-corrected chi connectivity index (χ2v) is 6.57. The monoisotopic (exact) mass is 420 g/mol. The molecule has 1 amide bonds. The first-order valence-corrected chi connectivity index (χ1v) is 9.50. The third-order valence-corrected chi connectivity index (χ3v) is 4.55. The van der Waals surface area contributed by atoms with Crippen LogP contribution in [0.3, 0.4) is 0 Å². The van der Waals surface area contributed by atoms with Gasteiger partial charge in [0.1, 0.15) is 29.0 Å². The molecule has 3 aromatic rings. The molecule has 0 spiro atoms. The Morgan fingerprint density at radius 2 is 1.84 bits per heavy atom. The number of nitriles is 1. The van der Waals surface area contributed by atoms with Crippen LogP contribution in [0.25, 0.3) is 17.4 Å². The van der Waals surface area contributed by atoms with Crippen LogP contribution in [0.15, 0.2) is 64.6 Å². The zero-order valence-electron chi connectivity index (χ0n) is 17.1. The van der Waals surface area contributed by atoms with Gasteiger partial charge in [0.15, 0.2) is 11.5 Å². The van der Waals surface area contributed by atoms with Gasteiger partial charge in [0.05, 0.1) is 14.2 Å². The zero-order chi connectivity index (χ0) is 22.2. The van der Waals surface area contributed by atoms with E-state index in [-0.39, 0.29) is 11.4 Å². The molecule has 2 aromatic carbocycles. The van der Waals surface area contributed by atoms with Crippen molar-refractivity contribution in [2.24, 2.45) is 0 Å². The average Bonchev–Trinajstić information content (AvgIpc) is 3.26. The van der Waals surface area contributed by atoms with Gasteiger partial charge in [-0.3, -0.25) is 4.79 Å². The molecule has 0 unspecified atom stereocenters. The molecule has 1 heterocycles. The second kappa shape index (κ2) is 10.1. The number of amides is 1. The molecule has 0 atom stereocenters. The maximum Gasteiger partial charge on any atom is 0.262 e. The molecule has 0 fully saturated rings. The molecule has 6 nitrogen and oxygen atoms in total. The normalized spacial score (nSPS) is 11.0. The fourth-order valence-corrected chi connectivity index (χ4v) is 2.94. The van der Waals surface area contributed by atoms with Crippen molar-refractivity contribution in [3.05, 3.63) is 77.3 Å². The molecule has 0 saturated heterocycles. The van der Waals surface area contributed by atoms with E-state index in [4.69, 9.17) is 13.9 Å². The van der Waals surface area contributed by atoms with Crippen LogP contribution in [0, 0.1) is 17.1 Å². The van der Waals surface area contributed by atoms with Crippen LogP contribution in [0.1, 0.15) is 11.3 Å². The van der Waals surface area contributed by atoms with Gasteiger partial charge < -0.3 is 19.2 Å². The van der Waals surface area contributed by atoms with Gasteiger partial charge in [-0.05, 0) is 60.5 Å². The molecule has 3 rings (SSSR count). The minimum Gasteiger partial charge on any atom is -0.493 e. The minimum absolute atomic E-state index is 0.0766. The maximum absolute atomic E-state index is 13.1. The highest BCUT2D eigenvalue weighted by molar-refractivity contribution is 6.01. The number of rotatable bonds is 8. The van der Waals surface area contributed by atoms with E-state index < -0.39 is 5.91 Å². The summed E-state index contributed by atoms with van der Waals surface area (Å²) in [4.78, 5) is 12.4. The maximum atomic E-state index is 13.1. The lowest BCUT2D eigenvalue weighted by atomic mass is 10.1. The fourth-order valence-electron chi connectivity index (χ4n) is 2.94. The van der Waals surface area contributed by atoms with Crippen LogP contribution >= 0.6 is 0 Å². The zero-order valence-corrected chi connectivity index (χ0v) is 17.1. The van der Waals surface area contributed by atoms with E-state index in [1.165, 1.54) is 18.2 Å². The Balaban J connectivity index is 1.62. The molecular formula is C24H21FN2O4. The predicted molar refractivity (Wildman–Crippen MR) is 114 cm³/mol. The summed E-state index contributed by atoms with van der Waals surface area (Å²) in [5.74, 6) is 1.26. The van der Waals surface area contributed by atoms with Gasteiger partial charge in [-0.1, -0.05) is 6.07 Å². The van der Waals surface area contributed by atoms with Crippen molar-refractivity contribution in [1.29, 1.82) is 5.26 Å². The lowest BCUT2D eigenvalue weighted by molar-refractivity contribution is -0.117. The van der Waals surface area contributed by atoms with E-state index in [9.17, 15) is 14.4 Å². The second-order valence-electron chi connectivity index (χ2n) is 6.57. The summed E-state index contributed by atoms with van der Waals surface area (Å²) in [6, 6.07) is 16.6. The Bertz CT molecular complexity index is 1130. The summed E-state index contributed by atoms with van der Waals surface area (Å²) in [5.41, 5.74) is 1.57. The third kappa shape index (κ3) is 5.52. The number of halogens is 1. The molecular weight excluding hydrogens is 399 g/mol. The quantitative estimate of drug-likeness (QED) is 0.432. The standard InChI is InChI=1S/C24H21FN2O4/c1-29-22-9-3-16(13-23(22)30-2)11-12-27-24(28)18(15-26)14-20-8-10-21(31-20)17-4-6-19(25)7-5-17/h3-10,13-14H,11-12H2,1-2H3,(H,27,28)/b18-14+. The van der Waals surface area contributed by atoms with Crippen LogP contribution in [0.4, 0.5) is 4.39 Å².